The van der Waals surface area contributed by atoms with Gasteiger partial charge in [-0.15, -0.1) is 0 Å². The van der Waals surface area contributed by atoms with Gasteiger partial charge in [-0.2, -0.15) is 0 Å². The number of carbonyl (C=O) groups is 2. The molecule has 1 fully saturated rings. The van der Waals surface area contributed by atoms with Gasteiger partial charge >= 0.3 is 11.9 Å². The highest BCUT2D eigenvalue weighted by Crippen LogP contribution is 2.32. The summed E-state index contributed by atoms with van der Waals surface area (Å²) in [7, 11) is 0. The average Bonchev–Trinajstić information content (AvgIpc) is 2.48. The summed E-state index contributed by atoms with van der Waals surface area (Å²) in [4.78, 5) is 23.4. The van der Waals surface area contributed by atoms with Gasteiger partial charge in [-0.1, -0.05) is 43.2 Å². The van der Waals surface area contributed by atoms with Crippen molar-refractivity contribution >= 4 is 11.9 Å². The van der Waals surface area contributed by atoms with Crippen LogP contribution in [0.3, 0.4) is 0 Å². The summed E-state index contributed by atoms with van der Waals surface area (Å²) in [6.07, 6.45) is 2.59. The fourth-order valence-electron chi connectivity index (χ4n) is 2.76. The van der Waals surface area contributed by atoms with Crippen molar-refractivity contribution in [3.05, 3.63) is 35.9 Å². The number of benzene rings is 1. The number of hydrogen-bond acceptors (Lipinski definition) is 3. The second kappa shape index (κ2) is 6.55. The third-order valence-corrected chi connectivity index (χ3v) is 3.95. The van der Waals surface area contributed by atoms with E-state index in [0.29, 0.717) is 12.8 Å². The Hall–Kier alpha value is -1.84. The first-order valence-electron chi connectivity index (χ1n) is 7.08. The Morgan fingerprint density at radius 3 is 2.35 bits per heavy atom. The highest BCUT2D eigenvalue weighted by molar-refractivity contribution is 5.81. The predicted octanol–water partition coefficient (Wildman–Crippen LogP) is 3.18. The normalized spacial score (nSPS) is 23.9. The van der Waals surface area contributed by atoms with E-state index in [-0.39, 0.29) is 12.1 Å². The van der Waals surface area contributed by atoms with Gasteiger partial charge in [0.25, 0.3) is 0 Å². The lowest BCUT2D eigenvalue weighted by atomic mass is 9.79. The van der Waals surface area contributed by atoms with E-state index < -0.39 is 17.8 Å². The number of esters is 1. The van der Waals surface area contributed by atoms with Crippen LogP contribution in [0.15, 0.2) is 30.3 Å². The third kappa shape index (κ3) is 3.38. The van der Waals surface area contributed by atoms with Crippen LogP contribution in [0.2, 0.25) is 0 Å². The molecule has 4 heteroatoms. The van der Waals surface area contributed by atoms with Crippen LogP contribution in [-0.2, 0) is 14.3 Å². The molecule has 1 aliphatic rings. The number of carbonyl (C=O) groups excluding carboxylic acids is 1. The van der Waals surface area contributed by atoms with Crippen molar-refractivity contribution in [1.82, 2.24) is 0 Å². The molecule has 0 radical (unpaired) electrons. The summed E-state index contributed by atoms with van der Waals surface area (Å²) >= 11 is 0. The second-order valence-corrected chi connectivity index (χ2v) is 5.33. The number of ether oxygens (including phenoxy) is 1. The molecule has 1 saturated carbocycles. The molecule has 0 saturated heterocycles. The molecule has 3 unspecified atom stereocenters. The molecule has 0 heterocycles. The maximum absolute atomic E-state index is 12.2. The zero-order valence-electron chi connectivity index (χ0n) is 11.6. The summed E-state index contributed by atoms with van der Waals surface area (Å²) in [5, 5.41) is 9.20. The van der Waals surface area contributed by atoms with E-state index in [0.717, 1.165) is 18.4 Å². The van der Waals surface area contributed by atoms with Crippen LogP contribution in [-0.4, -0.2) is 17.0 Å². The number of rotatable bonds is 4. The second-order valence-electron chi connectivity index (χ2n) is 5.33. The molecule has 0 aliphatic heterocycles. The van der Waals surface area contributed by atoms with E-state index in [1.807, 2.05) is 37.3 Å². The van der Waals surface area contributed by atoms with Gasteiger partial charge in [0, 0.05) is 0 Å². The first kappa shape index (κ1) is 14.6. The molecule has 1 N–H and O–H groups in total. The van der Waals surface area contributed by atoms with Crippen molar-refractivity contribution in [1.29, 1.82) is 0 Å². The quantitative estimate of drug-likeness (QED) is 0.858. The molecule has 108 valence electrons. The van der Waals surface area contributed by atoms with Crippen LogP contribution in [0.5, 0.6) is 0 Å². The first-order valence-corrected chi connectivity index (χ1v) is 7.08. The van der Waals surface area contributed by atoms with Gasteiger partial charge in [-0.05, 0) is 25.3 Å². The Morgan fingerprint density at radius 2 is 1.75 bits per heavy atom. The van der Waals surface area contributed by atoms with E-state index in [2.05, 4.69) is 0 Å². The topological polar surface area (TPSA) is 63.6 Å². The van der Waals surface area contributed by atoms with Crippen molar-refractivity contribution in [2.75, 3.05) is 0 Å². The highest BCUT2D eigenvalue weighted by atomic mass is 16.5. The summed E-state index contributed by atoms with van der Waals surface area (Å²) in [6.45, 7) is 1.81. The van der Waals surface area contributed by atoms with Gasteiger partial charge in [0.15, 0.2) is 0 Å². The summed E-state index contributed by atoms with van der Waals surface area (Å²) in [6, 6.07) is 9.47. The van der Waals surface area contributed by atoms with Crippen molar-refractivity contribution < 1.29 is 19.4 Å². The lowest BCUT2D eigenvalue weighted by molar-refractivity contribution is -0.163. The van der Waals surface area contributed by atoms with Crippen LogP contribution in [0.25, 0.3) is 0 Å². The van der Waals surface area contributed by atoms with Gasteiger partial charge in [0.05, 0.1) is 11.8 Å². The number of carboxylic acid groups (broad SMARTS) is 1. The molecule has 0 spiro atoms. The van der Waals surface area contributed by atoms with Crippen molar-refractivity contribution in [3.63, 3.8) is 0 Å². The Morgan fingerprint density at radius 1 is 1.15 bits per heavy atom. The minimum Gasteiger partial charge on any atom is -0.481 e. The van der Waals surface area contributed by atoms with Crippen LogP contribution in [0.4, 0.5) is 0 Å². The summed E-state index contributed by atoms with van der Waals surface area (Å²) in [5.74, 6) is -2.38. The van der Waals surface area contributed by atoms with Gasteiger partial charge in [0.2, 0.25) is 0 Å². The highest BCUT2D eigenvalue weighted by Gasteiger charge is 2.37. The largest absolute Gasteiger partial charge is 0.481 e. The van der Waals surface area contributed by atoms with Crippen LogP contribution >= 0.6 is 0 Å². The average molecular weight is 276 g/mol. The molecular formula is C16H20O4. The maximum Gasteiger partial charge on any atom is 0.310 e. The summed E-state index contributed by atoms with van der Waals surface area (Å²) < 4.78 is 5.45. The molecule has 20 heavy (non-hydrogen) atoms. The van der Waals surface area contributed by atoms with Crippen molar-refractivity contribution in [2.45, 2.75) is 38.7 Å². The lowest BCUT2D eigenvalue weighted by Gasteiger charge is -2.28. The van der Waals surface area contributed by atoms with E-state index in [9.17, 15) is 14.7 Å². The van der Waals surface area contributed by atoms with Crippen molar-refractivity contribution in [3.8, 4) is 0 Å². The van der Waals surface area contributed by atoms with Crippen molar-refractivity contribution in [2.24, 2.45) is 11.8 Å². The monoisotopic (exact) mass is 276 g/mol. The molecule has 0 bridgehead atoms. The minimum atomic E-state index is -0.890. The minimum absolute atomic E-state index is 0.347. The Kier molecular flexibility index (Phi) is 4.77. The molecule has 1 aliphatic carbocycles. The Balaban J connectivity index is 2.01. The van der Waals surface area contributed by atoms with E-state index in [1.165, 1.54) is 0 Å². The first-order chi connectivity index (χ1) is 9.59. The third-order valence-electron chi connectivity index (χ3n) is 3.95. The number of aliphatic carboxylic acids is 1. The predicted molar refractivity (Wildman–Crippen MR) is 74.0 cm³/mol. The van der Waals surface area contributed by atoms with Crippen LogP contribution < -0.4 is 0 Å². The number of hydrogen-bond donors (Lipinski definition) is 1. The summed E-state index contributed by atoms with van der Waals surface area (Å²) in [5.41, 5.74) is 0.920. The zero-order valence-corrected chi connectivity index (χ0v) is 11.6. The Labute approximate surface area is 118 Å². The molecule has 0 aromatic heterocycles. The molecule has 3 atom stereocenters. The van der Waals surface area contributed by atoms with Crippen LogP contribution in [0.1, 0.15) is 44.3 Å². The molecule has 1 aromatic rings. The van der Waals surface area contributed by atoms with E-state index >= 15 is 0 Å². The molecule has 0 amide bonds. The molecule has 4 nitrogen and oxygen atoms in total. The fraction of sp³-hybridized carbons (Fsp3) is 0.500. The number of carboxylic acids is 1. The van der Waals surface area contributed by atoms with Crippen LogP contribution in [0, 0.1) is 11.8 Å². The molecular weight excluding hydrogens is 256 g/mol. The van der Waals surface area contributed by atoms with Gasteiger partial charge in [-0.3, -0.25) is 9.59 Å². The molecule has 2 rings (SSSR count). The fourth-order valence-corrected chi connectivity index (χ4v) is 2.76. The smallest absolute Gasteiger partial charge is 0.310 e. The van der Waals surface area contributed by atoms with Gasteiger partial charge in [-0.25, -0.2) is 0 Å². The molecule has 1 aromatic carbocycles. The lowest BCUT2D eigenvalue weighted by Crippen LogP contribution is -2.34. The van der Waals surface area contributed by atoms with Gasteiger partial charge < -0.3 is 9.84 Å². The van der Waals surface area contributed by atoms with E-state index in [4.69, 9.17) is 4.74 Å². The van der Waals surface area contributed by atoms with E-state index in [1.54, 1.807) is 0 Å². The maximum atomic E-state index is 12.2. The zero-order chi connectivity index (χ0) is 14.5. The SMILES string of the molecule is CC(OC(=O)C1CCCCC1C(=O)O)c1ccccc1. The van der Waals surface area contributed by atoms with Gasteiger partial charge in [0.1, 0.15) is 6.10 Å². The standard InChI is InChI=1S/C16H20O4/c1-11(12-7-3-2-4-8-12)20-16(19)14-10-6-5-9-13(14)15(17)18/h2-4,7-8,11,13-14H,5-6,9-10H2,1H3,(H,17,18). The Bertz CT molecular complexity index is 469.